The van der Waals surface area contributed by atoms with Crippen LogP contribution in [0.5, 0.6) is 0 Å². The Bertz CT molecular complexity index is 728. The molecule has 9 heteroatoms. The van der Waals surface area contributed by atoms with Crippen molar-refractivity contribution in [2.75, 3.05) is 6.54 Å². The van der Waals surface area contributed by atoms with Crippen LogP contribution in [0.1, 0.15) is 49.2 Å². The molecule has 26 heavy (non-hydrogen) atoms. The molecule has 1 aliphatic heterocycles. The molecule has 142 valence electrons. The molecule has 0 amide bonds. The minimum absolute atomic E-state index is 0.0746. The molecule has 0 bridgehead atoms. The maximum Gasteiger partial charge on any atom is 0.491 e. The van der Waals surface area contributed by atoms with Gasteiger partial charge in [0.2, 0.25) is 0 Å². The molecule has 2 rings (SSSR count). The number of aromatic carboxylic acids is 1. The topological polar surface area (TPSA) is 81.8 Å². The van der Waals surface area contributed by atoms with Gasteiger partial charge in [-0.1, -0.05) is 12.1 Å². The lowest BCUT2D eigenvalue weighted by atomic mass is 9.76. The third-order valence-corrected chi connectivity index (χ3v) is 4.74. The van der Waals surface area contributed by atoms with Crippen LogP contribution in [0, 0.1) is 0 Å². The summed E-state index contributed by atoms with van der Waals surface area (Å²) in [5, 5.41) is 8.94. The summed E-state index contributed by atoms with van der Waals surface area (Å²) < 4.78 is 51.7. The van der Waals surface area contributed by atoms with Crippen LogP contribution in [0.3, 0.4) is 0 Å². The zero-order chi connectivity index (χ0) is 19.9. The zero-order valence-corrected chi connectivity index (χ0v) is 15.0. The van der Waals surface area contributed by atoms with E-state index in [1.54, 1.807) is 0 Å². The maximum absolute atomic E-state index is 13.4. The maximum atomic E-state index is 13.4. The second kappa shape index (κ2) is 6.72. The standard InChI is InChI=1S/C17H21BF3NO4/c1-15(2)16(3,4)26-18(25-15)12(9-22)7-10-5-6-11(14(23)24)8-13(10)17(19,20)21/h5-8H,9,22H2,1-4H3,(H,23,24). The van der Waals surface area contributed by atoms with E-state index in [9.17, 15) is 18.0 Å². The number of carbonyl (C=O) groups is 1. The van der Waals surface area contributed by atoms with Crippen molar-refractivity contribution in [2.24, 2.45) is 5.73 Å². The Balaban J connectivity index is 2.48. The van der Waals surface area contributed by atoms with E-state index in [2.05, 4.69) is 0 Å². The van der Waals surface area contributed by atoms with Crippen LogP contribution in [0.4, 0.5) is 13.2 Å². The predicted molar refractivity (Wildman–Crippen MR) is 91.5 cm³/mol. The average molecular weight is 371 g/mol. The van der Waals surface area contributed by atoms with Gasteiger partial charge in [-0.25, -0.2) is 4.79 Å². The number of hydrogen-bond acceptors (Lipinski definition) is 4. The van der Waals surface area contributed by atoms with Gasteiger partial charge in [-0.3, -0.25) is 0 Å². The van der Waals surface area contributed by atoms with Crippen LogP contribution in [-0.4, -0.2) is 35.9 Å². The summed E-state index contributed by atoms with van der Waals surface area (Å²) in [7, 11) is -0.884. The van der Waals surface area contributed by atoms with Gasteiger partial charge in [0.05, 0.1) is 22.3 Å². The van der Waals surface area contributed by atoms with Gasteiger partial charge in [0.15, 0.2) is 0 Å². The van der Waals surface area contributed by atoms with Crippen molar-refractivity contribution in [2.45, 2.75) is 45.1 Å². The van der Waals surface area contributed by atoms with Crippen LogP contribution in [0.15, 0.2) is 23.7 Å². The van der Waals surface area contributed by atoms with Crippen LogP contribution in [0.2, 0.25) is 0 Å². The van der Waals surface area contributed by atoms with E-state index in [4.69, 9.17) is 20.1 Å². The fourth-order valence-corrected chi connectivity index (χ4v) is 2.48. The van der Waals surface area contributed by atoms with E-state index in [1.807, 2.05) is 27.7 Å². The van der Waals surface area contributed by atoms with E-state index in [-0.39, 0.29) is 12.1 Å². The van der Waals surface area contributed by atoms with E-state index < -0.39 is 41.6 Å². The summed E-state index contributed by atoms with van der Waals surface area (Å²) in [4.78, 5) is 11.0. The minimum Gasteiger partial charge on any atom is -0.478 e. The number of rotatable bonds is 4. The molecule has 0 atom stereocenters. The first-order chi connectivity index (χ1) is 11.8. The molecule has 3 N–H and O–H groups in total. The van der Waals surface area contributed by atoms with Crippen molar-refractivity contribution in [3.63, 3.8) is 0 Å². The molecule has 1 saturated heterocycles. The Kier molecular flexibility index (Phi) is 5.29. The molecule has 0 saturated carbocycles. The fraction of sp³-hybridized carbons (Fsp3) is 0.471. The molecule has 1 fully saturated rings. The Morgan fingerprint density at radius 3 is 2.19 bits per heavy atom. The molecule has 1 heterocycles. The van der Waals surface area contributed by atoms with Gasteiger partial charge in [-0.2, -0.15) is 13.2 Å². The van der Waals surface area contributed by atoms with E-state index in [0.717, 1.165) is 12.1 Å². The van der Waals surface area contributed by atoms with Gasteiger partial charge in [-0.15, -0.1) is 0 Å². The van der Waals surface area contributed by atoms with Crippen molar-refractivity contribution in [1.29, 1.82) is 0 Å². The number of nitrogens with two attached hydrogens (primary N) is 1. The molecule has 1 aliphatic rings. The van der Waals surface area contributed by atoms with Crippen molar-refractivity contribution >= 4 is 19.2 Å². The van der Waals surface area contributed by atoms with Crippen molar-refractivity contribution in [1.82, 2.24) is 0 Å². The van der Waals surface area contributed by atoms with Gasteiger partial charge in [0, 0.05) is 6.54 Å². The number of hydrogen-bond donors (Lipinski definition) is 2. The lowest BCUT2D eigenvalue weighted by molar-refractivity contribution is -0.137. The summed E-state index contributed by atoms with van der Waals surface area (Å²) in [5.74, 6) is -1.43. The van der Waals surface area contributed by atoms with Crippen LogP contribution in [0.25, 0.3) is 6.08 Å². The first-order valence-corrected chi connectivity index (χ1v) is 7.99. The van der Waals surface area contributed by atoms with E-state index >= 15 is 0 Å². The normalized spacial score (nSPS) is 19.7. The molecule has 0 aromatic heterocycles. The first kappa shape index (κ1) is 20.5. The summed E-state index contributed by atoms with van der Waals surface area (Å²) in [6.07, 6.45) is -3.47. The largest absolute Gasteiger partial charge is 0.491 e. The molecule has 0 radical (unpaired) electrons. The molecular formula is C17H21BF3NO4. The van der Waals surface area contributed by atoms with Crippen LogP contribution in [-0.2, 0) is 15.5 Å². The minimum atomic E-state index is -4.72. The lowest BCUT2D eigenvalue weighted by Crippen LogP contribution is -2.41. The van der Waals surface area contributed by atoms with Crippen LogP contribution >= 0.6 is 0 Å². The van der Waals surface area contributed by atoms with Gasteiger partial charge in [0.25, 0.3) is 0 Å². The zero-order valence-electron chi connectivity index (χ0n) is 15.0. The Hall–Kier alpha value is -1.84. The number of benzene rings is 1. The highest BCUT2D eigenvalue weighted by Gasteiger charge is 2.52. The smallest absolute Gasteiger partial charge is 0.478 e. The highest BCUT2D eigenvalue weighted by Crippen LogP contribution is 2.39. The van der Waals surface area contributed by atoms with Crippen molar-refractivity contribution in [3.05, 3.63) is 40.4 Å². The molecule has 0 unspecified atom stereocenters. The lowest BCUT2D eigenvalue weighted by Gasteiger charge is -2.32. The van der Waals surface area contributed by atoms with Gasteiger partial charge in [0.1, 0.15) is 0 Å². The summed E-state index contributed by atoms with van der Waals surface area (Å²) in [5.41, 5.74) is 3.02. The Labute approximate surface area is 150 Å². The van der Waals surface area contributed by atoms with Crippen molar-refractivity contribution < 1.29 is 32.4 Å². The monoisotopic (exact) mass is 371 g/mol. The number of carboxylic acid groups (broad SMARTS) is 1. The Morgan fingerprint density at radius 2 is 1.77 bits per heavy atom. The van der Waals surface area contributed by atoms with Gasteiger partial charge >= 0.3 is 19.3 Å². The molecule has 1 aromatic carbocycles. The van der Waals surface area contributed by atoms with E-state index in [0.29, 0.717) is 11.5 Å². The summed E-state index contributed by atoms with van der Waals surface area (Å²) in [6.45, 7) is 7.22. The third kappa shape index (κ3) is 3.95. The molecule has 1 aromatic rings. The highest BCUT2D eigenvalue weighted by atomic mass is 19.4. The summed E-state index contributed by atoms with van der Waals surface area (Å²) in [6, 6.07) is 2.82. The first-order valence-electron chi connectivity index (χ1n) is 7.99. The molecule has 0 aliphatic carbocycles. The second-order valence-corrected chi connectivity index (χ2v) is 7.12. The predicted octanol–water partition coefficient (Wildman–Crippen LogP) is 3.38. The average Bonchev–Trinajstić information content (AvgIpc) is 2.71. The fourth-order valence-electron chi connectivity index (χ4n) is 2.48. The van der Waals surface area contributed by atoms with Gasteiger partial charge in [-0.05, 0) is 50.9 Å². The summed E-state index contributed by atoms with van der Waals surface area (Å²) >= 11 is 0. The van der Waals surface area contributed by atoms with E-state index in [1.165, 1.54) is 6.08 Å². The molecule has 0 spiro atoms. The molecular weight excluding hydrogens is 350 g/mol. The van der Waals surface area contributed by atoms with Gasteiger partial charge < -0.3 is 20.1 Å². The SMILES string of the molecule is CC1(C)OB(C(=Cc2ccc(C(=O)O)cc2C(F)(F)F)CN)OC1(C)C. The number of carboxylic acids is 1. The van der Waals surface area contributed by atoms with Crippen molar-refractivity contribution in [3.8, 4) is 0 Å². The third-order valence-electron chi connectivity index (χ3n) is 4.74. The quantitative estimate of drug-likeness (QED) is 0.794. The highest BCUT2D eigenvalue weighted by molar-refractivity contribution is 6.55. The van der Waals surface area contributed by atoms with Crippen LogP contribution < -0.4 is 5.73 Å². The Morgan fingerprint density at radius 1 is 1.23 bits per heavy atom. The second-order valence-electron chi connectivity index (χ2n) is 7.12. The number of alkyl halides is 3. The molecule has 5 nitrogen and oxygen atoms in total. The number of halogens is 3.